The molecule has 0 saturated carbocycles. The molecule has 0 saturated heterocycles. The van der Waals surface area contributed by atoms with Gasteiger partial charge in [0.05, 0.1) is 0 Å². The van der Waals surface area contributed by atoms with Crippen molar-refractivity contribution in [3.05, 3.63) is 36.2 Å². The molecule has 0 heterocycles. The first-order chi connectivity index (χ1) is 7.37. The van der Waals surface area contributed by atoms with Crippen LogP contribution in [0.4, 0.5) is 13.2 Å². The molecule has 1 aliphatic rings. The highest BCUT2D eigenvalue weighted by molar-refractivity contribution is 6.01. The highest BCUT2D eigenvalue weighted by atomic mass is 19.4. The minimum atomic E-state index is -4.71. The Kier molecular flexibility index (Phi) is 2.40. The van der Waals surface area contributed by atoms with Gasteiger partial charge in [-0.1, -0.05) is 0 Å². The molecule has 1 aromatic carbocycles. The largest absolute Gasteiger partial charge is 0.573 e. The van der Waals surface area contributed by atoms with Crippen LogP contribution in [-0.2, 0) is 0 Å². The van der Waals surface area contributed by atoms with E-state index >= 15 is 0 Å². The van der Waals surface area contributed by atoms with Gasteiger partial charge in [-0.2, -0.15) is 0 Å². The summed E-state index contributed by atoms with van der Waals surface area (Å²) in [6.07, 6.45) is -4.47. The van der Waals surface area contributed by atoms with Crippen LogP contribution in [0.1, 0.15) is 28.3 Å². The molecular formula is C11H8F3O2. The van der Waals surface area contributed by atoms with Crippen LogP contribution in [0.15, 0.2) is 18.2 Å². The minimum absolute atomic E-state index is 0.0893. The smallest absolute Gasteiger partial charge is 0.406 e. The summed E-state index contributed by atoms with van der Waals surface area (Å²) < 4.78 is 39.7. The van der Waals surface area contributed by atoms with Gasteiger partial charge in [-0.15, -0.1) is 13.2 Å². The van der Waals surface area contributed by atoms with Crippen molar-refractivity contribution in [1.82, 2.24) is 0 Å². The van der Waals surface area contributed by atoms with Crippen molar-refractivity contribution >= 4 is 5.78 Å². The first kappa shape index (κ1) is 11.0. The number of halogens is 3. The van der Waals surface area contributed by atoms with E-state index in [-0.39, 0.29) is 23.9 Å². The summed E-state index contributed by atoms with van der Waals surface area (Å²) in [5, 5.41) is 0. The number of alkyl halides is 3. The molecule has 1 radical (unpaired) electrons. The number of hydrogen-bond donors (Lipinski definition) is 0. The highest BCUT2D eigenvalue weighted by Crippen LogP contribution is 2.35. The highest BCUT2D eigenvalue weighted by Gasteiger charge is 2.32. The summed E-state index contributed by atoms with van der Waals surface area (Å²) in [7, 11) is 0. The lowest BCUT2D eigenvalue weighted by Crippen LogP contribution is -2.17. The Morgan fingerprint density at radius 2 is 2.06 bits per heavy atom. The first-order valence-corrected chi connectivity index (χ1v) is 4.63. The summed E-state index contributed by atoms with van der Waals surface area (Å²) in [6.45, 7) is 3.71. The Morgan fingerprint density at radius 1 is 1.38 bits per heavy atom. The average Bonchev–Trinajstić information content (AvgIpc) is 2.40. The average molecular weight is 229 g/mol. The Hall–Kier alpha value is -1.52. The van der Waals surface area contributed by atoms with Crippen LogP contribution >= 0.6 is 0 Å². The Morgan fingerprint density at radius 3 is 2.69 bits per heavy atom. The lowest BCUT2D eigenvalue weighted by atomic mass is 10.0. The van der Waals surface area contributed by atoms with Gasteiger partial charge in [0, 0.05) is 12.0 Å². The number of benzene rings is 1. The maximum Gasteiger partial charge on any atom is 0.573 e. The van der Waals surface area contributed by atoms with E-state index < -0.39 is 6.36 Å². The predicted octanol–water partition coefficient (Wildman–Crippen LogP) is 3.09. The Balaban J connectivity index is 2.33. The SMILES string of the molecule is [CH2]C1CC(=O)c2ccc(OC(F)(F)F)cc21. The van der Waals surface area contributed by atoms with Gasteiger partial charge in [0.2, 0.25) is 0 Å². The normalized spacial score (nSPS) is 19.8. The number of hydrogen-bond acceptors (Lipinski definition) is 2. The fourth-order valence-electron chi connectivity index (χ4n) is 1.77. The van der Waals surface area contributed by atoms with Gasteiger partial charge in [0.25, 0.3) is 0 Å². The monoisotopic (exact) mass is 229 g/mol. The van der Waals surface area contributed by atoms with Crippen molar-refractivity contribution in [2.24, 2.45) is 0 Å². The van der Waals surface area contributed by atoms with Crippen LogP contribution in [0.2, 0.25) is 0 Å². The van der Waals surface area contributed by atoms with Crippen LogP contribution in [0, 0.1) is 6.92 Å². The number of ketones is 1. The van der Waals surface area contributed by atoms with E-state index in [9.17, 15) is 18.0 Å². The molecule has 0 fully saturated rings. The molecular weight excluding hydrogens is 221 g/mol. The molecule has 5 heteroatoms. The van der Waals surface area contributed by atoms with Gasteiger partial charge in [0.15, 0.2) is 5.78 Å². The summed E-state index contributed by atoms with van der Waals surface area (Å²) in [5.74, 6) is -0.692. The molecule has 1 aliphatic carbocycles. The molecule has 85 valence electrons. The van der Waals surface area contributed by atoms with E-state index in [1.807, 2.05) is 0 Å². The molecule has 2 nitrogen and oxygen atoms in total. The lowest BCUT2D eigenvalue weighted by Gasteiger charge is -2.10. The van der Waals surface area contributed by atoms with Crippen molar-refractivity contribution in [2.75, 3.05) is 0 Å². The second-order valence-corrected chi connectivity index (χ2v) is 3.62. The van der Waals surface area contributed by atoms with Crippen LogP contribution in [0.5, 0.6) is 5.75 Å². The lowest BCUT2D eigenvalue weighted by molar-refractivity contribution is -0.274. The predicted molar refractivity (Wildman–Crippen MR) is 50.2 cm³/mol. The van der Waals surface area contributed by atoms with Crippen molar-refractivity contribution in [3.8, 4) is 5.75 Å². The fraction of sp³-hybridized carbons (Fsp3) is 0.273. The third-order valence-corrected chi connectivity index (χ3v) is 2.43. The molecule has 1 aromatic rings. The van der Waals surface area contributed by atoms with Crippen LogP contribution in [0.3, 0.4) is 0 Å². The first-order valence-electron chi connectivity index (χ1n) is 4.63. The molecule has 16 heavy (non-hydrogen) atoms. The van der Waals surface area contributed by atoms with Crippen molar-refractivity contribution in [1.29, 1.82) is 0 Å². The van der Waals surface area contributed by atoms with Gasteiger partial charge in [-0.3, -0.25) is 4.79 Å². The van der Waals surface area contributed by atoms with Crippen molar-refractivity contribution < 1.29 is 22.7 Å². The number of ether oxygens (including phenoxy) is 1. The second kappa shape index (κ2) is 3.50. The number of carbonyl (C=O) groups is 1. The van der Waals surface area contributed by atoms with Gasteiger partial charge in [0.1, 0.15) is 5.75 Å². The Labute approximate surface area is 90.0 Å². The van der Waals surface area contributed by atoms with Gasteiger partial charge in [-0.05, 0) is 36.6 Å². The van der Waals surface area contributed by atoms with Crippen LogP contribution in [-0.4, -0.2) is 12.1 Å². The third-order valence-electron chi connectivity index (χ3n) is 2.43. The van der Waals surface area contributed by atoms with Crippen molar-refractivity contribution in [3.63, 3.8) is 0 Å². The van der Waals surface area contributed by atoms with E-state index in [1.54, 1.807) is 0 Å². The molecule has 0 aliphatic heterocycles. The topological polar surface area (TPSA) is 26.3 Å². The van der Waals surface area contributed by atoms with E-state index in [2.05, 4.69) is 11.7 Å². The van der Waals surface area contributed by atoms with Gasteiger partial charge >= 0.3 is 6.36 Å². The zero-order valence-corrected chi connectivity index (χ0v) is 8.17. The molecule has 0 aromatic heterocycles. The van der Waals surface area contributed by atoms with E-state index in [0.29, 0.717) is 11.1 Å². The number of carbonyl (C=O) groups excluding carboxylic acids is 1. The third kappa shape index (κ3) is 2.03. The summed E-state index contributed by atoms with van der Waals surface area (Å²) in [4.78, 5) is 11.4. The van der Waals surface area contributed by atoms with E-state index in [0.717, 1.165) is 6.07 Å². The standard InChI is InChI=1S/C11H8F3O2/c1-6-4-10(15)8-3-2-7(5-9(6)8)16-11(12,13)14/h2-3,5-6H,1,4H2. The molecule has 0 bridgehead atoms. The summed E-state index contributed by atoms with van der Waals surface area (Å²) >= 11 is 0. The molecule has 1 atom stereocenters. The molecule has 2 rings (SSSR count). The Bertz CT molecular complexity index is 437. The minimum Gasteiger partial charge on any atom is -0.406 e. The zero-order valence-electron chi connectivity index (χ0n) is 8.17. The van der Waals surface area contributed by atoms with Crippen LogP contribution < -0.4 is 4.74 Å². The van der Waals surface area contributed by atoms with Gasteiger partial charge < -0.3 is 4.74 Å². The maximum atomic E-state index is 12.0. The van der Waals surface area contributed by atoms with E-state index in [1.165, 1.54) is 12.1 Å². The molecule has 1 unspecified atom stereocenters. The maximum absolute atomic E-state index is 12.0. The van der Waals surface area contributed by atoms with Crippen LogP contribution in [0.25, 0.3) is 0 Å². The number of fused-ring (bicyclic) bond motifs is 1. The molecule has 0 amide bonds. The quantitative estimate of drug-likeness (QED) is 0.739. The van der Waals surface area contributed by atoms with E-state index in [4.69, 9.17) is 0 Å². The summed E-state index contributed by atoms with van der Waals surface area (Å²) in [6, 6.07) is 3.72. The molecule has 0 N–H and O–H groups in total. The van der Waals surface area contributed by atoms with Crippen molar-refractivity contribution in [2.45, 2.75) is 18.7 Å². The summed E-state index contributed by atoms with van der Waals surface area (Å²) in [5.41, 5.74) is 0.960. The number of Topliss-reactive ketones (excluding diaryl/α,β-unsaturated/α-hetero) is 1. The fourth-order valence-corrected chi connectivity index (χ4v) is 1.77. The zero-order chi connectivity index (χ0) is 11.9. The van der Waals surface area contributed by atoms with Gasteiger partial charge in [-0.25, -0.2) is 0 Å². The molecule has 0 spiro atoms. The second-order valence-electron chi connectivity index (χ2n) is 3.62. The number of rotatable bonds is 1.